The van der Waals surface area contributed by atoms with E-state index in [4.69, 9.17) is 4.74 Å². The summed E-state index contributed by atoms with van der Waals surface area (Å²) < 4.78 is 6.61. The summed E-state index contributed by atoms with van der Waals surface area (Å²) in [6.45, 7) is 5.01. The molecular formula is C30H44O3. The van der Waals surface area contributed by atoms with Crippen LogP contribution in [0.3, 0.4) is 0 Å². The Labute approximate surface area is 200 Å². The van der Waals surface area contributed by atoms with Gasteiger partial charge in [-0.15, -0.1) is 0 Å². The van der Waals surface area contributed by atoms with Gasteiger partial charge in [0.1, 0.15) is 11.9 Å². The van der Waals surface area contributed by atoms with Crippen LogP contribution in [0.1, 0.15) is 110 Å². The van der Waals surface area contributed by atoms with Gasteiger partial charge in [-0.3, -0.25) is 9.59 Å². The molecule has 3 nitrogen and oxygen atoms in total. The van der Waals surface area contributed by atoms with Gasteiger partial charge in [-0.1, -0.05) is 13.8 Å². The summed E-state index contributed by atoms with van der Waals surface area (Å²) in [4.78, 5) is 25.9. The third-order valence-corrected chi connectivity index (χ3v) is 13.1. The van der Waals surface area contributed by atoms with E-state index in [2.05, 4.69) is 13.8 Å². The molecule has 7 atom stereocenters. The molecule has 33 heavy (non-hydrogen) atoms. The van der Waals surface area contributed by atoms with Crippen LogP contribution in [0.4, 0.5) is 0 Å². The summed E-state index contributed by atoms with van der Waals surface area (Å²) >= 11 is 0. The second-order valence-corrected chi connectivity index (χ2v) is 14.6. The number of rotatable bonds is 2. The third kappa shape index (κ3) is 2.98. The molecule has 0 aromatic heterocycles. The van der Waals surface area contributed by atoms with E-state index in [9.17, 15) is 9.59 Å². The van der Waals surface area contributed by atoms with Gasteiger partial charge in [-0.2, -0.15) is 0 Å². The van der Waals surface area contributed by atoms with Crippen molar-refractivity contribution in [3.05, 3.63) is 0 Å². The minimum Gasteiger partial charge on any atom is -0.461 e. The topological polar surface area (TPSA) is 43.4 Å². The average molecular weight is 453 g/mol. The number of Topliss-reactive ketones (excluding diaryl/α,β-unsaturated/α-hetero) is 1. The predicted molar refractivity (Wildman–Crippen MR) is 127 cm³/mol. The lowest BCUT2D eigenvalue weighted by Gasteiger charge is -2.60. The van der Waals surface area contributed by atoms with Crippen LogP contribution in [0.2, 0.25) is 0 Å². The van der Waals surface area contributed by atoms with Crippen molar-refractivity contribution in [2.24, 2.45) is 57.7 Å². The van der Waals surface area contributed by atoms with Crippen LogP contribution in [0, 0.1) is 57.7 Å². The molecule has 4 bridgehead atoms. The summed E-state index contributed by atoms with van der Waals surface area (Å²) in [7, 11) is 0. The first-order valence-electron chi connectivity index (χ1n) is 14.5. The monoisotopic (exact) mass is 452 g/mol. The fourth-order valence-electron chi connectivity index (χ4n) is 11.8. The number of ether oxygens (including phenoxy) is 1. The Morgan fingerprint density at radius 1 is 0.818 bits per heavy atom. The third-order valence-electron chi connectivity index (χ3n) is 13.1. The highest BCUT2D eigenvalue weighted by molar-refractivity contribution is 5.79. The van der Waals surface area contributed by atoms with Crippen LogP contribution in [-0.4, -0.2) is 17.9 Å². The van der Waals surface area contributed by atoms with Gasteiger partial charge >= 0.3 is 5.97 Å². The largest absolute Gasteiger partial charge is 0.461 e. The first-order valence-corrected chi connectivity index (χ1v) is 14.5. The number of ketones is 1. The van der Waals surface area contributed by atoms with Gasteiger partial charge in [0.05, 0.1) is 5.41 Å². The maximum Gasteiger partial charge on any atom is 0.312 e. The van der Waals surface area contributed by atoms with Crippen LogP contribution in [0.15, 0.2) is 0 Å². The Morgan fingerprint density at radius 3 is 2.18 bits per heavy atom. The first-order chi connectivity index (χ1) is 15.8. The fourth-order valence-corrected chi connectivity index (χ4v) is 11.8. The summed E-state index contributed by atoms with van der Waals surface area (Å²) in [5.74, 6) is 5.99. The summed E-state index contributed by atoms with van der Waals surface area (Å²) in [5.41, 5.74) is 0.416. The van der Waals surface area contributed by atoms with Crippen LogP contribution in [0.5, 0.6) is 0 Å². The van der Waals surface area contributed by atoms with Crippen molar-refractivity contribution >= 4 is 11.8 Å². The number of hydrogen-bond acceptors (Lipinski definition) is 3. The molecule has 0 aliphatic heterocycles. The van der Waals surface area contributed by atoms with Crippen molar-refractivity contribution in [1.29, 1.82) is 0 Å². The van der Waals surface area contributed by atoms with E-state index in [1.54, 1.807) is 0 Å². The first kappa shape index (κ1) is 21.4. The van der Waals surface area contributed by atoms with E-state index in [0.29, 0.717) is 23.0 Å². The summed E-state index contributed by atoms with van der Waals surface area (Å²) in [6, 6.07) is 0. The van der Waals surface area contributed by atoms with Crippen LogP contribution in [-0.2, 0) is 14.3 Å². The van der Waals surface area contributed by atoms with Gasteiger partial charge < -0.3 is 4.74 Å². The molecule has 8 saturated carbocycles. The lowest BCUT2D eigenvalue weighted by molar-refractivity contribution is -0.187. The molecule has 0 radical (unpaired) electrons. The zero-order valence-corrected chi connectivity index (χ0v) is 21.0. The molecule has 0 N–H and O–H groups in total. The number of carbonyl (C=O) groups is 2. The zero-order valence-electron chi connectivity index (χ0n) is 21.0. The Balaban J connectivity index is 1.09. The minimum atomic E-state index is -0.124. The Morgan fingerprint density at radius 2 is 1.48 bits per heavy atom. The quantitative estimate of drug-likeness (QED) is 0.436. The van der Waals surface area contributed by atoms with Gasteiger partial charge in [-0.25, -0.2) is 0 Å². The van der Waals surface area contributed by atoms with E-state index in [-0.39, 0.29) is 22.9 Å². The highest BCUT2D eigenvalue weighted by Gasteiger charge is 2.62. The fraction of sp³-hybridized carbons (Fsp3) is 0.933. The summed E-state index contributed by atoms with van der Waals surface area (Å²) in [6.07, 6.45) is 17.8. The molecule has 0 aromatic carbocycles. The van der Waals surface area contributed by atoms with Gasteiger partial charge in [0.15, 0.2) is 0 Å². The Hall–Kier alpha value is -0.860. The van der Waals surface area contributed by atoms with E-state index in [1.165, 1.54) is 51.4 Å². The normalized spacial score (nSPS) is 56.7. The molecule has 8 rings (SSSR count). The second-order valence-electron chi connectivity index (χ2n) is 14.6. The van der Waals surface area contributed by atoms with Gasteiger partial charge in [0, 0.05) is 18.3 Å². The SMILES string of the molecule is C[C@]12CC[C@H]3[C@@H](CCC4CC(=O)CC[C@@]43C)[C@@H]1CC[C@@H]2OC(=O)C12CC3CC(CC(C3)C1)C2. The van der Waals surface area contributed by atoms with Crippen LogP contribution in [0.25, 0.3) is 0 Å². The van der Waals surface area contributed by atoms with Gasteiger partial charge in [-0.05, 0) is 130 Å². The van der Waals surface area contributed by atoms with Gasteiger partial charge in [0.25, 0.3) is 0 Å². The number of hydrogen-bond donors (Lipinski definition) is 0. The van der Waals surface area contributed by atoms with E-state index >= 15 is 0 Å². The maximum atomic E-state index is 13.8. The van der Waals surface area contributed by atoms with Crippen molar-refractivity contribution in [2.75, 3.05) is 0 Å². The molecule has 1 unspecified atom stereocenters. The molecular weight excluding hydrogens is 408 g/mol. The zero-order chi connectivity index (χ0) is 22.6. The standard InChI is InChI=1S/C30H44O3/c1-28-9-7-22(31)14-21(28)3-4-23-24-5-6-26(29(24,2)10-8-25(23)28)33-27(32)30-15-18-11-19(16-30)13-20(12-18)17-30/h18-21,23-26H,3-17H2,1-2H3/t18?,19?,20?,21?,23-,24-,25-,26-,28-,29-,30?/m0/s1. The second kappa shape index (κ2) is 7.10. The van der Waals surface area contributed by atoms with E-state index < -0.39 is 0 Å². The molecule has 3 heteroatoms. The molecule has 0 saturated heterocycles. The number of fused-ring (bicyclic) bond motifs is 5. The molecule has 8 aliphatic carbocycles. The number of carbonyl (C=O) groups excluding carboxylic acids is 2. The summed E-state index contributed by atoms with van der Waals surface area (Å²) in [5, 5.41) is 0. The smallest absolute Gasteiger partial charge is 0.312 e. The lowest BCUT2D eigenvalue weighted by atomic mass is 9.45. The highest BCUT2D eigenvalue weighted by atomic mass is 16.5. The maximum absolute atomic E-state index is 13.8. The van der Waals surface area contributed by atoms with Crippen molar-refractivity contribution in [1.82, 2.24) is 0 Å². The van der Waals surface area contributed by atoms with E-state index in [1.807, 2.05) is 0 Å². The van der Waals surface area contributed by atoms with Gasteiger partial charge in [0.2, 0.25) is 0 Å². The molecule has 0 heterocycles. The van der Waals surface area contributed by atoms with Crippen LogP contribution < -0.4 is 0 Å². The number of esters is 1. The lowest BCUT2D eigenvalue weighted by Crippen LogP contribution is -2.55. The minimum absolute atomic E-state index is 0.124. The molecule has 8 aliphatic rings. The van der Waals surface area contributed by atoms with Crippen molar-refractivity contribution in [3.8, 4) is 0 Å². The van der Waals surface area contributed by atoms with Crippen molar-refractivity contribution in [3.63, 3.8) is 0 Å². The van der Waals surface area contributed by atoms with E-state index in [0.717, 1.165) is 74.5 Å². The van der Waals surface area contributed by atoms with Crippen LogP contribution >= 0.6 is 0 Å². The highest BCUT2D eigenvalue weighted by Crippen LogP contribution is 2.67. The predicted octanol–water partition coefficient (Wildman–Crippen LogP) is 6.73. The molecule has 0 amide bonds. The molecule has 0 spiro atoms. The van der Waals surface area contributed by atoms with Crippen molar-refractivity contribution in [2.45, 2.75) is 116 Å². The average Bonchev–Trinajstić information content (AvgIpc) is 3.09. The Bertz CT molecular complexity index is 825. The molecule has 182 valence electrons. The molecule has 0 aromatic rings. The van der Waals surface area contributed by atoms with Crippen molar-refractivity contribution < 1.29 is 14.3 Å². The Kier molecular flexibility index (Phi) is 4.61. The molecule has 8 fully saturated rings.